The zero-order valence-electron chi connectivity index (χ0n) is 16.1. The van der Waals surface area contributed by atoms with E-state index in [0.717, 1.165) is 27.2 Å². The number of para-hydroxylation sites is 2. The number of carbonyl (C=O) groups excluding carboxylic acids is 2. The summed E-state index contributed by atoms with van der Waals surface area (Å²) in [6, 6.07) is 21.7. The van der Waals surface area contributed by atoms with Crippen molar-refractivity contribution in [1.82, 2.24) is 0 Å². The predicted octanol–water partition coefficient (Wildman–Crippen LogP) is 4.50. The Hall–Kier alpha value is -3.32. The third kappa shape index (κ3) is 2.11. The van der Waals surface area contributed by atoms with E-state index in [9.17, 15) is 19.7 Å². The van der Waals surface area contributed by atoms with Crippen LogP contribution in [0.15, 0.2) is 72.8 Å². The number of amides is 2. The molecule has 2 bridgehead atoms. The molecule has 2 unspecified atom stereocenters. The molecule has 1 heterocycles. The van der Waals surface area contributed by atoms with Crippen molar-refractivity contribution in [2.45, 2.75) is 10.2 Å². The van der Waals surface area contributed by atoms with Crippen LogP contribution in [-0.4, -0.2) is 16.7 Å². The van der Waals surface area contributed by atoms with Crippen molar-refractivity contribution >= 4 is 39.1 Å². The molecule has 3 aromatic rings. The van der Waals surface area contributed by atoms with Crippen LogP contribution in [0.1, 0.15) is 28.2 Å². The van der Waals surface area contributed by atoms with Crippen LogP contribution in [0.25, 0.3) is 0 Å². The normalized spacial score (nSPS) is 27.6. The van der Waals surface area contributed by atoms with Gasteiger partial charge >= 0.3 is 0 Å². The van der Waals surface area contributed by atoms with Gasteiger partial charge in [0.2, 0.25) is 11.8 Å². The van der Waals surface area contributed by atoms with Gasteiger partial charge in [0, 0.05) is 12.0 Å². The molecule has 3 aromatic carbocycles. The molecule has 152 valence electrons. The van der Waals surface area contributed by atoms with Crippen molar-refractivity contribution in [3.8, 4) is 0 Å². The standard InChI is InChI=1S/C24H15BrN2O4/c25-24-15-9-3-1-7-13(15)19(14-8-2-4-10-16(14)24)20-21(24)23(29)26(22(20)28)17-11-5-6-12-18(17)27(30)31/h1-12,19-21H. The summed E-state index contributed by atoms with van der Waals surface area (Å²) in [6.07, 6.45) is 0. The first kappa shape index (κ1) is 18.4. The topological polar surface area (TPSA) is 80.5 Å². The molecule has 1 fully saturated rings. The third-order valence-corrected chi connectivity index (χ3v) is 8.18. The number of hydrogen-bond acceptors (Lipinski definition) is 4. The number of nitro benzene ring substituents is 1. The first-order valence-corrected chi connectivity index (χ1v) is 10.7. The van der Waals surface area contributed by atoms with Gasteiger partial charge in [-0.1, -0.05) is 76.6 Å². The number of nitro groups is 1. The second-order valence-corrected chi connectivity index (χ2v) is 9.38. The van der Waals surface area contributed by atoms with Crippen LogP contribution in [0, 0.1) is 22.0 Å². The Balaban J connectivity index is 1.62. The van der Waals surface area contributed by atoms with Gasteiger partial charge in [0.05, 0.1) is 21.1 Å². The van der Waals surface area contributed by atoms with E-state index in [4.69, 9.17) is 0 Å². The summed E-state index contributed by atoms with van der Waals surface area (Å²) >= 11 is 3.92. The molecule has 1 saturated heterocycles. The Morgan fingerprint density at radius 1 is 0.839 bits per heavy atom. The number of halogens is 1. The van der Waals surface area contributed by atoms with Gasteiger partial charge in [0.1, 0.15) is 5.69 Å². The maximum absolute atomic E-state index is 13.8. The minimum Gasteiger partial charge on any atom is -0.274 e. The fourth-order valence-corrected chi connectivity index (χ4v) is 6.93. The summed E-state index contributed by atoms with van der Waals surface area (Å²) in [7, 11) is 0. The molecule has 0 N–H and O–H groups in total. The van der Waals surface area contributed by atoms with E-state index in [-0.39, 0.29) is 23.2 Å². The van der Waals surface area contributed by atoms with E-state index in [1.807, 2.05) is 48.5 Å². The lowest BCUT2D eigenvalue weighted by atomic mass is 9.55. The van der Waals surface area contributed by atoms with Crippen molar-refractivity contribution in [1.29, 1.82) is 0 Å². The smallest absolute Gasteiger partial charge is 0.274 e. The zero-order chi connectivity index (χ0) is 21.5. The highest BCUT2D eigenvalue weighted by Gasteiger charge is 2.68. The number of rotatable bonds is 2. The maximum atomic E-state index is 13.8. The first-order valence-electron chi connectivity index (χ1n) is 9.95. The average Bonchev–Trinajstić information content (AvgIpc) is 3.05. The van der Waals surface area contributed by atoms with E-state index in [2.05, 4.69) is 15.9 Å². The number of alkyl halides is 1. The number of carbonyl (C=O) groups is 2. The minimum atomic E-state index is -0.870. The van der Waals surface area contributed by atoms with E-state index in [1.165, 1.54) is 18.2 Å². The van der Waals surface area contributed by atoms with E-state index in [0.29, 0.717) is 0 Å². The van der Waals surface area contributed by atoms with Gasteiger partial charge in [-0.2, -0.15) is 0 Å². The number of hydrogen-bond donors (Lipinski definition) is 0. The fraction of sp³-hybridized carbons (Fsp3) is 0.167. The molecule has 0 spiro atoms. The van der Waals surface area contributed by atoms with Crippen LogP contribution in [0.5, 0.6) is 0 Å². The van der Waals surface area contributed by atoms with Crippen LogP contribution in [0.2, 0.25) is 0 Å². The lowest BCUT2D eigenvalue weighted by Crippen LogP contribution is -2.50. The Labute approximate surface area is 185 Å². The minimum absolute atomic E-state index is 0.0283. The summed E-state index contributed by atoms with van der Waals surface area (Å²) in [4.78, 5) is 39.6. The van der Waals surface area contributed by atoms with Gasteiger partial charge in [-0.25, -0.2) is 4.90 Å². The van der Waals surface area contributed by atoms with Crippen LogP contribution in [0.3, 0.4) is 0 Å². The Bertz CT molecular complexity index is 1270. The highest BCUT2D eigenvalue weighted by molar-refractivity contribution is 9.09. The molecule has 2 amide bonds. The highest BCUT2D eigenvalue weighted by Crippen LogP contribution is 2.66. The van der Waals surface area contributed by atoms with Crippen molar-refractivity contribution < 1.29 is 14.5 Å². The number of imide groups is 1. The molecular weight excluding hydrogens is 460 g/mol. The van der Waals surface area contributed by atoms with E-state index >= 15 is 0 Å². The zero-order valence-corrected chi connectivity index (χ0v) is 17.7. The fourth-order valence-electron chi connectivity index (χ4n) is 5.72. The molecule has 4 aliphatic rings. The summed E-state index contributed by atoms with van der Waals surface area (Å²) in [5, 5.41) is 11.6. The van der Waals surface area contributed by atoms with Crippen molar-refractivity contribution in [2.75, 3.05) is 4.90 Å². The lowest BCUT2D eigenvalue weighted by Gasteiger charge is -2.51. The molecule has 0 aromatic heterocycles. The van der Waals surface area contributed by atoms with Crippen molar-refractivity contribution in [2.24, 2.45) is 11.8 Å². The molecular formula is C24H15BrN2O4. The van der Waals surface area contributed by atoms with Gasteiger partial charge in [-0.15, -0.1) is 0 Å². The lowest BCUT2D eigenvalue weighted by molar-refractivity contribution is -0.384. The van der Waals surface area contributed by atoms with Crippen LogP contribution >= 0.6 is 15.9 Å². The van der Waals surface area contributed by atoms with Crippen LogP contribution in [-0.2, 0) is 13.9 Å². The molecule has 0 radical (unpaired) electrons. The monoisotopic (exact) mass is 474 g/mol. The molecule has 2 atom stereocenters. The van der Waals surface area contributed by atoms with Crippen molar-refractivity contribution in [3.05, 3.63) is 105 Å². The molecule has 31 heavy (non-hydrogen) atoms. The largest absolute Gasteiger partial charge is 0.293 e. The second-order valence-electron chi connectivity index (χ2n) is 8.13. The van der Waals surface area contributed by atoms with Gasteiger partial charge in [-0.3, -0.25) is 19.7 Å². The summed E-state index contributed by atoms with van der Waals surface area (Å²) < 4.78 is -0.870. The average molecular weight is 475 g/mol. The highest BCUT2D eigenvalue weighted by atomic mass is 79.9. The van der Waals surface area contributed by atoms with Gasteiger partial charge < -0.3 is 0 Å². The Kier molecular flexibility index (Phi) is 3.63. The molecule has 6 nitrogen and oxygen atoms in total. The van der Waals surface area contributed by atoms with Crippen LogP contribution in [0.4, 0.5) is 11.4 Å². The molecule has 7 heteroatoms. The summed E-state index contributed by atoms with van der Waals surface area (Å²) in [6.45, 7) is 0. The van der Waals surface area contributed by atoms with E-state index in [1.54, 1.807) is 6.07 Å². The Morgan fingerprint density at radius 2 is 1.39 bits per heavy atom. The quantitative estimate of drug-likeness (QED) is 0.237. The number of anilines is 1. The molecule has 3 aliphatic carbocycles. The molecule has 1 aliphatic heterocycles. The third-order valence-electron chi connectivity index (χ3n) is 6.83. The van der Waals surface area contributed by atoms with Gasteiger partial charge in [0.15, 0.2) is 0 Å². The Morgan fingerprint density at radius 3 is 2.00 bits per heavy atom. The first-order chi connectivity index (χ1) is 15.0. The van der Waals surface area contributed by atoms with Gasteiger partial charge in [0.25, 0.3) is 5.69 Å². The molecule has 7 rings (SSSR count). The van der Waals surface area contributed by atoms with Gasteiger partial charge in [-0.05, 0) is 28.3 Å². The number of nitrogens with zero attached hydrogens (tertiary/aromatic N) is 2. The molecule has 0 saturated carbocycles. The van der Waals surface area contributed by atoms with Crippen LogP contribution < -0.4 is 4.90 Å². The summed E-state index contributed by atoms with van der Waals surface area (Å²) in [5.74, 6) is -2.38. The van der Waals surface area contributed by atoms with Crippen molar-refractivity contribution in [3.63, 3.8) is 0 Å². The number of benzene rings is 3. The predicted molar refractivity (Wildman–Crippen MR) is 117 cm³/mol. The SMILES string of the molecule is O=C1C2C3c4ccccc4C(Br)(c4ccccc43)C2C(=O)N1c1ccccc1[N+](=O)[O-]. The summed E-state index contributed by atoms with van der Waals surface area (Å²) in [5.41, 5.74) is 3.76. The maximum Gasteiger partial charge on any atom is 0.293 e. The second kappa shape index (κ2) is 6.11. The van der Waals surface area contributed by atoms with E-state index < -0.39 is 27.0 Å².